The second kappa shape index (κ2) is 6.77. The number of hydrogen-bond acceptors (Lipinski definition) is 2. The van der Waals surface area contributed by atoms with Crippen LogP contribution in [0.15, 0.2) is 22.7 Å². The molecule has 1 aromatic rings. The van der Waals surface area contributed by atoms with Crippen LogP contribution in [-0.4, -0.2) is 23.7 Å². The minimum atomic E-state index is -0.0738. The molecule has 0 radical (unpaired) electrons. The Labute approximate surface area is 110 Å². The van der Waals surface area contributed by atoms with Crippen molar-refractivity contribution in [3.8, 4) is 0 Å². The summed E-state index contributed by atoms with van der Waals surface area (Å²) in [6.45, 7) is 4.00. The molecule has 0 saturated carbocycles. The number of carbonyl (C=O) groups excluding carboxylic acids is 1. The average molecular weight is 300 g/mol. The first-order valence-corrected chi connectivity index (χ1v) is 6.55. The molecule has 0 heterocycles. The van der Waals surface area contributed by atoms with E-state index in [1.807, 2.05) is 26.0 Å². The fourth-order valence-corrected chi connectivity index (χ4v) is 2.15. The number of hydrogen-bond donors (Lipinski definition) is 2. The highest BCUT2D eigenvalue weighted by molar-refractivity contribution is 9.10. The number of aliphatic hydroxyl groups excluding tert-OH is 1. The van der Waals surface area contributed by atoms with Gasteiger partial charge in [-0.3, -0.25) is 4.79 Å². The van der Waals surface area contributed by atoms with Crippen LogP contribution < -0.4 is 5.32 Å². The first-order valence-electron chi connectivity index (χ1n) is 5.76. The van der Waals surface area contributed by atoms with E-state index in [1.54, 1.807) is 6.07 Å². The van der Waals surface area contributed by atoms with E-state index in [4.69, 9.17) is 5.11 Å². The van der Waals surface area contributed by atoms with Crippen molar-refractivity contribution in [2.24, 2.45) is 0 Å². The minimum absolute atomic E-state index is 0.0375. The van der Waals surface area contributed by atoms with Gasteiger partial charge in [0.25, 0.3) is 5.91 Å². The largest absolute Gasteiger partial charge is 0.396 e. The summed E-state index contributed by atoms with van der Waals surface area (Å²) in [6, 6.07) is 5.62. The molecule has 0 fully saturated rings. The third kappa shape index (κ3) is 4.13. The summed E-state index contributed by atoms with van der Waals surface area (Å²) >= 11 is 3.37. The van der Waals surface area contributed by atoms with Crippen LogP contribution in [-0.2, 0) is 0 Å². The molecule has 0 saturated heterocycles. The summed E-state index contributed by atoms with van der Waals surface area (Å²) in [4.78, 5) is 12.0. The quantitative estimate of drug-likeness (QED) is 0.878. The number of rotatable bonds is 5. The third-order valence-electron chi connectivity index (χ3n) is 2.74. The SMILES string of the molecule is CCC(CCO)NC(=O)c1ccc(Br)cc1C. The van der Waals surface area contributed by atoms with Crippen molar-refractivity contribution < 1.29 is 9.90 Å². The Morgan fingerprint density at radius 1 is 1.53 bits per heavy atom. The lowest BCUT2D eigenvalue weighted by atomic mass is 10.1. The lowest BCUT2D eigenvalue weighted by Gasteiger charge is -2.16. The van der Waals surface area contributed by atoms with E-state index < -0.39 is 0 Å². The molecule has 4 heteroatoms. The lowest BCUT2D eigenvalue weighted by molar-refractivity contribution is 0.0928. The molecule has 1 atom stereocenters. The number of nitrogens with one attached hydrogen (secondary N) is 1. The van der Waals surface area contributed by atoms with Gasteiger partial charge in [-0.15, -0.1) is 0 Å². The maximum atomic E-state index is 12.0. The number of carbonyl (C=O) groups is 1. The van der Waals surface area contributed by atoms with Gasteiger partial charge in [-0.2, -0.15) is 0 Å². The van der Waals surface area contributed by atoms with E-state index in [0.29, 0.717) is 12.0 Å². The van der Waals surface area contributed by atoms with Crippen molar-refractivity contribution in [3.05, 3.63) is 33.8 Å². The Hall–Kier alpha value is -0.870. The molecule has 0 bridgehead atoms. The third-order valence-corrected chi connectivity index (χ3v) is 3.23. The maximum Gasteiger partial charge on any atom is 0.251 e. The molecule has 1 aromatic carbocycles. The normalized spacial score (nSPS) is 12.2. The standard InChI is InChI=1S/C13H18BrNO2/c1-3-11(6-7-16)15-13(17)12-5-4-10(14)8-9(12)2/h4-5,8,11,16H,3,6-7H2,1-2H3,(H,15,17). The van der Waals surface area contributed by atoms with Gasteiger partial charge in [-0.1, -0.05) is 22.9 Å². The van der Waals surface area contributed by atoms with Gasteiger partial charge in [0.2, 0.25) is 0 Å². The lowest BCUT2D eigenvalue weighted by Crippen LogP contribution is -2.35. The van der Waals surface area contributed by atoms with E-state index in [0.717, 1.165) is 16.5 Å². The van der Waals surface area contributed by atoms with Gasteiger partial charge < -0.3 is 10.4 Å². The van der Waals surface area contributed by atoms with Crippen molar-refractivity contribution in [1.29, 1.82) is 0 Å². The van der Waals surface area contributed by atoms with Gasteiger partial charge in [-0.05, 0) is 43.5 Å². The van der Waals surface area contributed by atoms with Crippen molar-refractivity contribution in [2.75, 3.05) is 6.61 Å². The van der Waals surface area contributed by atoms with E-state index in [9.17, 15) is 4.79 Å². The number of aliphatic hydroxyl groups is 1. The molecule has 2 N–H and O–H groups in total. The fraction of sp³-hybridized carbons (Fsp3) is 0.462. The van der Waals surface area contributed by atoms with Gasteiger partial charge in [0.05, 0.1) is 0 Å². The second-order valence-electron chi connectivity index (χ2n) is 4.05. The summed E-state index contributed by atoms with van der Waals surface area (Å²) in [6.07, 6.45) is 1.42. The molecule has 0 aliphatic heterocycles. The van der Waals surface area contributed by atoms with Gasteiger partial charge in [0, 0.05) is 22.7 Å². The highest BCUT2D eigenvalue weighted by atomic mass is 79.9. The van der Waals surface area contributed by atoms with Crippen LogP contribution >= 0.6 is 15.9 Å². The summed E-state index contributed by atoms with van der Waals surface area (Å²) < 4.78 is 0.967. The fourth-order valence-electron chi connectivity index (χ4n) is 1.68. The summed E-state index contributed by atoms with van der Waals surface area (Å²) in [5.41, 5.74) is 1.63. The molecule has 3 nitrogen and oxygen atoms in total. The maximum absolute atomic E-state index is 12.0. The zero-order valence-electron chi connectivity index (χ0n) is 10.2. The highest BCUT2D eigenvalue weighted by Gasteiger charge is 2.13. The molecule has 1 unspecified atom stereocenters. The van der Waals surface area contributed by atoms with Crippen molar-refractivity contribution in [3.63, 3.8) is 0 Å². The first-order chi connectivity index (χ1) is 8.08. The van der Waals surface area contributed by atoms with Crippen LogP contribution in [0.1, 0.15) is 35.7 Å². The van der Waals surface area contributed by atoms with Crippen LogP contribution in [0.4, 0.5) is 0 Å². The summed E-state index contributed by atoms with van der Waals surface area (Å²) in [5.74, 6) is -0.0738. The smallest absolute Gasteiger partial charge is 0.251 e. The minimum Gasteiger partial charge on any atom is -0.396 e. The van der Waals surface area contributed by atoms with Crippen LogP contribution in [0, 0.1) is 6.92 Å². The van der Waals surface area contributed by atoms with Crippen LogP contribution in [0.2, 0.25) is 0 Å². The van der Waals surface area contributed by atoms with E-state index in [-0.39, 0.29) is 18.6 Å². The Morgan fingerprint density at radius 3 is 2.76 bits per heavy atom. The molecule has 17 heavy (non-hydrogen) atoms. The molecule has 1 amide bonds. The van der Waals surface area contributed by atoms with Crippen LogP contribution in [0.5, 0.6) is 0 Å². The molecule has 0 spiro atoms. The highest BCUT2D eigenvalue weighted by Crippen LogP contribution is 2.16. The molecule has 94 valence electrons. The molecule has 0 aliphatic carbocycles. The van der Waals surface area contributed by atoms with Gasteiger partial charge in [-0.25, -0.2) is 0 Å². The first kappa shape index (κ1) is 14.2. The summed E-state index contributed by atoms with van der Waals surface area (Å²) in [7, 11) is 0. The van der Waals surface area contributed by atoms with Crippen molar-refractivity contribution >= 4 is 21.8 Å². The number of halogens is 1. The predicted molar refractivity (Wildman–Crippen MR) is 72.1 cm³/mol. The molecule has 0 aliphatic rings. The molecule has 0 aromatic heterocycles. The zero-order chi connectivity index (χ0) is 12.8. The van der Waals surface area contributed by atoms with Crippen molar-refractivity contribution in [2.45, 2.75) is 32.7 Å². The molecular weight excluding hydrogens is 282 g/mol. The monoisotopic (exact) mass is 299 g/mol. The Kier molecular flexibility index (Phi) is 5.65. The average Bonchev–Trinajstić information content (AvgIpc) is 2.28. The van der Waals surface area contributed by atoms with Gasteiger partial charge >= 0.3 is 0 Å². The zero-order valence-corrected chi connectivity index (χ0v) is 11.8. The number of benzene rings is 1. The van der Waals surface area contributed by atoms with Gasteiger partial charge in [0.1, 0.15) is 0 Å². The van der Waals surface area contributed by atoms with Gasteiger partial charge in [0.15, 0.2) is 0 Å². The molecular formula is C13H18BrNO2. The number of aryl methyl sites for hydroxylation is 1. The summed E-state index contributed by atoms with van der Waals surface area (Å²) in [5, 5.41) is 11.8. The number of amides is 1. The van der Waals surface area contributed by atoms with Crippen molar-refractivity contribution in [1.82, 2.24) is 5.32 Å². The Balaban J connectivity index is 2.75. The predicted octanol–water partition coefficient (Wildman–Crippen LogP) is 2.65. The molecule has 1 rings (SSSR count). The Morgan fingerprint density at radius 2 is 2.24 bits per heavy atom. The topological polar surface area (TPSA) is 49.3 Å². The van der Waals surface area contributed by atoms with Crippen LogP contribution in [0.3, 0.4) is 0 Å². The van der Waals surface area contributed by atoms with E-state index in [1.165, 1.54) is 0 Å². The van der Waals surface area contributed by atoms with E-state index >= 15 is 0 Å². The Bertz CT molecular complexity index is 393. The van der Waals surface area contributed by atoms with E-state index in [2.05, 4.69) is 21.2 Å². The van der Waals surface area contributed by atoms with Crippen LogP contribution in [0.25, 0.3) is 0 Å². The second-order valence-corrected chi connectivity index (χ2v) is 4.97.